The van der Waals surface area contributed by atoms with Crippen molar-refractivity contribution in [1.82, 2.24) is 0 Å². The molecule has 0 aliphatic heterocycles. The van der Waals surface area contributed by atoms with E-state index in [4.69, 9.17) is 34.8 Å². The van der Waals surface area contributed by atoms with Gasteiger partial charge in [0, 0.05) is 9.75 Å². The third kappa shape index (κ3) is 8.96. The van der Waals surface area contributed by atoms with Crippen LogP contribution in [-0.4, -0.2) is 31.6 Å². The number of hydrogen-bond acceptors (Lipinski definition) is 7. The van der Waals surface area contributed by atoms with E-state index < -0.39 is 0 Å². The van der Waals surface area contributed by atoms with E-state index in [0.717, 1.165) is 38.1 Å². The fraction of sp³-hybridized carbons (Fsp3) is 0.208. The number of methoxy groups -OCH3 is 1. The van der Waals surface area contributed by atoms with Crippen molar-refractivity contribution in [1.29, 1.82) is 0 Å². The molecule has 1 aromatic heterocycles. The van der Waals surface area contributed by atoms with Crippen LogP contribution >= 0.6 is 31.5 Å². The normalized spacial score (nSPS) is 11.7. The molecule has 0 fully saturated rings. The van der Waals surface area contributed by atoms with E-state index in [2.05, 4.69) is 15.9 Å². The molecular weight excluding hydrogens is 539 g/mol. The van der Waals surface area contributed by atoms with Gasteiger partial charge in [0.15, 0.2) is 0 Å². The first-order valence-electron chi connectivity index (χ1n) is 9.91. The summed E-state index contributed by atoms with van der Waals surface area (Å²) < 4.78 is 4.72. The van der Waals surface area contributed by atoms with Crippen molar-refractivity contribution in [2.75, 3.05) is 14.2 Å². The average Bonchev–Trinajstić information content (AvgIpc) is 3.35. The number of hydrogen-bond donors (Lipinski definition) is 0. The van der Waals surface area contributed by atoms with E-state index in [1.165, 1.54) is 14.2 Å². The molecule has 0 saturated heterocycles. The van der Waals surface area contributed by atoms with E-state index in [9.17, 15) is 4.79 Å². The number of ether oxygens (including phenoxy) is 1. The topological polar surface area (TPSA) is 69.5 Å². The number of rotatable bonds is 8. The van der Waals surface area contributed by atoms with Gasteiger partial charge in [-0.05, 0) is 67.9 Å². The molecule has 0 atom stereocenters. The van der Waals surface area contributed by atoms with Crippen LogP contribution in [0.25, 0.3) is 0 Å². The van der Waals surface area contributed by atoms with Gasteiger partial charge in [0.05, 0.1) is 42.6 Å². The van der Waals surface area contributed by atoms with Crippen LogP contribution < -0.4 is 0 Å². The van der Waals surface area contributed by atoms with E-state index >= 15 is 0 Å². The molecule has 2 aromatic carbocycles. The van der Waals surface area contributed by atoms with Gasteiger partial charge >= 0.3 is 39.3 Å². The second-order valence-corrected chi connectivity index (χ2v) is 9.65. The predicted molar refractivity (Wildman–Crippen MR) is 136 cm³/mol. The summed E-state index contributed by atoms with van der Waals surface area (Å²) in [7, 11) is 12.4. The van der Waals surface area contributed by atoms with Crippen LogP contribution in [0.3, 0.4) is 0 Å². The molecule has 10 heteroatoms. The van der Waals surface area contributed by atoms with Crippen LogP contribution in [0.15, 0.2) is 70.6 Å². The van der Waals surface area contributed by atoms with Gasteiger partial charge in [-0.3, -0.25) is 9.98 Å². The minimum absolute atomic E-state index is 0.194. The Hall–Kier alpha value is -2.03. The summed E-state index contributed by atoms with van der Waals surface area (Å²) >= 11 is 1.84. The number of aliphatic imine (C=N–C) groups is 2. The number of benzene rings is 2. The second kappa shape index (κ2) is 15.1. The molecule has 182 valence electrons. The molecule has 0 bridgehead atoms. The van der Waals surface area contributed by atoms with Crippen molar-refractivity contribution in [3.63, 3.8) is 0 Å². The molecule has 0 aliphatic carbocycles. The first-order valence-corrected chi connectivity index (χ1v) is 13.8. The molecule has 6 nitrogen and oxygen atoms in total. The number of halogens is 2. The summed E-state index contributed by atoms with van der Waals surface area (Å²) in [6.07, 6.45) is 0. The van der Waals surface area contributed by atoms with Gasteiger partial charge in [0.1, 0.15) is 6.61 Å². The Balaban J connectivity index is 0.00000129. The summed E-state index contributed by atoms with van der Waals surface area (Å²) in [5.74, 6) is -0.358. The zero-order chi connectivity index (χ0) is 24.9. The van der Waals surface area contributed by atoms with Gasteiger partial charge in [-0.25, -0.2) is 14.6 Å². The minimum atomic E-state index is -0.358. The molecule has 1 heterocycles. The maximum absolute atomic E-state index is 11.5. The molecule has 34 heavy (non-hydrogen) atoms. The molecule has 0 unspecified atom stereocenters. The summed E-state index contributed by atoms with van der Waals surface area (Å²) in [4.78, 5) is 32.6. The molecule has 0 spiro atoms. The van der Waals surface area contributed by atoms with E-state index in [-0.39, 0.29) is 19.1 Å². The van der Waals surface area contributed by atoms with Crippen LogP contribution in [-0.2, 0) is 34.3 Å². The second-order valence-electron chi connectivity index (χ2n) is 6.74. The van der Waals surface area contributed by atoms with Crippen LogP contribution in [0, 0.1) is 0 Å². The zero-order valence-electron chi connectivity index (χ0n) is 19.0. The first-order chi connectivity index (χ1) is 16.4. The van der Waals surface area contributed by atoms with Crippen LogP contribution in [0.5, 0.6) is 0 Å². The first kappa shape index (κ1) is 28.2. The van der Waals surface area contributed by atoms with Crippen LogP contribution in [0.4, 0.5) is 11.4 Å². The Bertz CT molecular complexity index is 1120. The van der Waals surface area contributed by atoms with Gasteiger partial charge in [0.25, 0.3) is 0 Å². The van der Waals surface area contributed by atoms with E-state index in [1.54, 1.807) is 35.6 Å². The number of esters is 1. The Kier molecular flexibility index (Phi) is 12.5. The third-order valence-electron chi connectivity index (χ3n) is 4.48. The quantitative estimate of drug-likeness (QED) is 0.0951. The Labute approximate surface area is 218 Å². The maximum atomic E-state index is 11.5. The van der Waals surface area contributed by atoms with Gasteiger partial charge in [-0.15, -0.1) is 11.3 Å². The SMILES string of the molecule is COOCc1ccc(N=C(C)c2ccc(C(C)=Nc3ccc(C(=O)OC)cc3)s2)cc1.[Cl][Fe][Cl]. The Morgan fingerprint density at radius 2 is 1.32 bits per heavy atom. The molecule has 0 radical (unpaired) electrons. The standard InChI is InChI=1S/C24H24N2O4S.2ClH.Fe/c1-16(25-20-9-5-18(6-10-20)15-30-29-4)22-13-14-23(31-22)17(2)26-21-11-7-19(8-12-21)24(27)28-3;;;/h5-14H,15H2,1-4H3;2*1H;/q;;;+2/p-2. The molecule has 0 aliphatic rings. The van der Waals surface area contributed by atoms with Crippen molar-refractivity contribution in [3.8, 4) is 0 Å². The Morgan fingerprint density at radius 3 is 1.76 bits per heavy atom. The number of thiophene rings is 1. The van der Waals surface area contributed by atoms with Gasteiger partial charge in [-0.1, -0.05) is 12.1 Å². The van der Waals surface area contributed by atoms with Crippen molar-refractivity contribution in [3.05, 3.63) is 81.5 Å². The van der Waals surface area contributed by atoms with Gasteiger partial charge in [0.2, 0.25) is 0 Å². The summed E-state index contributed by atoms with van der Waals surface area (Å²) in [5.41, 5.74) is 5.02. The average molecular weight is 563 g/mol. The molecule has 3 aromatic rings. The van der Waals surface area contributed by atoms with Crippen molar-refractivity contribution in [2.24, 2.45) is 9.98 Å². The van der Waals surface area contributed by atoms with Crippen LogP contribution in [0.2, 0.25) is 0 Å². The predicted octanol–water partition coefficient (Wildman–Crippen LogP) is 7.27. The fourth-order valence-corrected chi connectivity index (χ4v) is 3.70. The Morgan fingerprint density at radius 1 is 0.853 bits per heavy atom. The van der Waals surface area contributed by atoms with Crippen molar-refractivity contribution < 1.29 is 32.4 Å². The summed E-state index contributed by atoms with van der Waals surface area (Å²) in [6.45, 7) is 4.37. The van der Waals surface area contributed by atoms with Gasteiger partial charge < -0.3 is 4.74 Å². The summed E-state index contributed by atoms with van der Waals surface area (Å²) in [6, 6.07) is 19.0. The van der Waals surface area contributed by atoms with E-state index in [0.29, 0.717) is 12.2 Å². The molecule has 3 rings (SSSR count). The molecule has 0 saturated carbocycles. The third-order valence-corrected chi connectivity index (χ3v) is 5.78. The van der Waals surface area contributed by atoms with Crippen molar-refractivity contribution >= 4 is 60.3 Å². The summed E-state index contributed by atoms with van der Waals surface area (Å²) in [5, 5.41) is 0. The fourth-order valence-electron chi connectivity index (χ4n) is 2.81. The monoisotopic (exact) mass is 562 g/mol. The number of carbonyl (C=O) groups excluding carboxylic acids is 1. The number of nitrogens with zero attached hydrogens (tertiary/aromatic N) is 2. The van der Waals surface area contributed by atoms with E-state index in [1.807, 2.05) is 44.2 Å². The molecule has 0 amide bonds. The van der Waals surface area contributed by atoms with Gasteiger partial charge in [-0.2, -0.15) is 0 Å². The number of carbonyl (C=O) groups is 1. The van der Waals surface area contributed by atoms with Crippen molar-refractivity contribution in [2.45, 2.75) is 20.5 Å². The molecule has 0 N–H and O–H groups in total. The van der Waals surface area contributed by atoms with Crippen LogP contribution in [0.1, 0.15) is 39.5 Å². The molecular formula is C24H24Cl2FeN2O4S. The zero-order valence-corrected chi connectivity index (χ0v) is 22.5.